The van der Waals surface area contributed by atoms with Gasteiger partial charge in [-0.05, 0) is 39.5 Å². The van der Waals surface area contributed by atoms with E-state index in [1.54, 1.807) is 30.3 Å². The number of halogens is 1. The van der Waals surface area contributed by atoms with Crippen molar-refractivity contribution in [3.8, 4) is 33.9 Å². The molecule has 0 atom stereocenters. The maximum atomic E-state index is 8.91. The van der Waals surface area contributed by atoms with E-state index in [2.05, 4.69) is 15.0 Å². The van der Waals surface area contributed by atoms with Crippen molar-refractivity contribution in [1.29, 1.82) is 0 Å². The van der Waals surface area contributed by atoms with Crippen LogP contribution in [-0.2, 0) is 0 Å². The smallest absolute Gasteiger partial charge is 0.208 e. The lowest BCUT2D eigenvalue weighted by Crippen LogP contribution is -1.97. The molecule has 0 saturated carbocycles. The summed E-state index contributed by atoms with van der Waals surface area (Å²) in [4.78, 5) is 12.6. The van der Waals surface area contributed by atoms with Crippen LogP contribution in [-0.4, -0.2) is 15.0 Å². The highest BCUT2D eigenvalue weighted by Crippen LogP contribution is 2.31. The first-order valence-electron chi connectivity index (χ1n) is 13.9. The summed E-state index contributed by atoms with van der Waals surface area (Å²) in [5.74, 6) is -0.0886. The molecular formula is C25H16ClN3. The molecule has 1 heterocycles. The van der Waals surface area contributed by atoms with Crippen molar-refractivity contribution >= 4 is 22.4 Å². The largest absolute Gasteiger partial charge is 0.226 e. The molecule has 0 radical (unpaired) electrons. The molecule has 0 N–H and O–H groups in total. The van der Waals surface area contributed by atoms with Crippen molar-refractivity contribution in [3.63, 3.8) is 0 Å². The van der Waals surface area contributed by atoms with Crippen molar-refractivity contribution < 1.29 is 15.1 Å². The number of nitrogens with zero attached hydrogens (tertiary/aromatic N) is 3. The lowest BCUT2D eigenvalue weighted by atomic mass is 9.98. The Morgan fingerprint density at radius 2 is 1.45 bits per heavy atom. The number of rotatable bonds is 3. The van der Waals surface area contributed by atoms with Gasteiger partial charge >= 0.3 is 0 Å². The minimum atomic E-state index is -0.691. The quantitative estimate of drug-likeness (QED) is 0.336. The van der Waals surface area contributed by atoms with Gasteiger partial charge in [-0.2, -0.15) is 9.97 Å². The average molecular weight is 405 g/mol. The molecule has 0 spiro atoms. The number of hydrogen-bond donors (Lipinski definition) is 0. The second kappa shape index (κ2) is 7.46. The first kappa shape index (κ1) is 9.29. The lowest BCUT2D eigenvalue weighted by molar-refractivity contribution is 1.07. The zero-order valence-corrected chi connectivity index (χ0v) is 15.4. The molecule has 0 bridgehead atoms. The van der Waals surface area contributed by atoms with Gasteiger partial charge in [0.05, 0.1) is 15.1 Å². The Morgan fingerprint density at radius 1 is 0.655 bits per heavy atom. The van der Waals surface area contributed by atoms with E-state index in [0.717, 1.165) is 0 Å². The van der Waals surface area contributed by atoms with E-state index in [-0.39, 0.29) is 33.3 Å². The third kappa shape index (κ3) is 3.48. The monoisotopic (exact) mass is 404 g/mol. The van der Waals surface area contributed by atoms with Gasteiger partial charge in [-0.1, -0.05) is 90.8 Å². The Bertz CT molecular complexity index is 1850. The lowest BCUT2D eigenvalue weighted by Gasteiger charge is -2.09. The van der Waals surface area contributed by atoms with Crippen molar-refractivity contribution in [2.45, 2.75) is 0 Å². The summed E-state index contributed by atoms with van der Waals surface area (Å²) in [6.07, 6.45) is 0. The molecule has 0 amide bonds. The van der Waals surface area contributed by atoms with Crippen LogP contribution in [0.4, 0.5) is 0 Å². The van der Waals surface area contributed by atoms with Gasteiger partial charge in [-0.25, -0.2) is 4.98 Å². The Kier molecular flexibility index (Phi) is 2.39. The highest BCUT2D eigenvalue weighted by atomic mass is 35.5. The summed E-state index contributed by atoms with van der Waals surface area (Å²) in [5.41, 5.74) is -0.612. The Balaban J connectivity index is 1.94. The summed E-state index contributed by atoms with van der Waals surface area (Å²) in [7, 11) is 0. The molecule has 0 unspecified atom stereocenters. The van der Waals surface area contributed by atoms with Gasteiger partial charge in [-0.3, -0.25) is 0 Å². The molecular weight excluding hydrogens is 378 g/mol. The fraction of sp³-hybridized carbons (Fsp3) is 0. The van der Waals surface area contributed by atoms with Crippen molar-refractivity contribution in [3.05, 3.63) is 102 Å². The predicted molar refractivity (Wildman–Crippen MR) is 119 cm³/mol. The van der Waals surface area contributed by atoms with E-state index >= 15 is 0 Å². The average Bonchev–Trinajstić information content (AvgIpc) is 2.94. The number of fused-ring (bicyclic) bond motifs is 1. The van der Waals surface area contributed by atoms with Crippen molar-refractivity contribution in [2.24, 2.45) is 0 Å². The standard InChI is InChI=1S/C25H16ClN3/c26-25-28-23(18-10-5-2-6-11-18)27-24(29-25)22-13-7-12-20-16-19(14-15-21(20)22)17-8-3-1-4-9-17/h1-16H/i1D,3D,4D,7D,8D,9D,12D,13D,14D,15D,16D. The molecule has 0 fully saturated rings. The molecule has 0 aliphatic heterocycles. The fourth-order valence-electron chi connectivity index (χ4n) is 2.75. The third-order valence-electron chi connectivity index (χ3n) is 4.05. The van der Waals surface area contributed by atoms with Crippen LogP contribution in [0, 0.1) is 0 Å². The van der Waals surface area contributed by atoms with Crippen LogP contribution in [0.5, 0.6) is 0 Å². The van der Waals surface area contributed by atoms with Gasteiger partial charge in [-0.15, -0.1) is 0 Å². The molecule has 138 valence electrons. The molecule has 29 heavy (non-hydrogen) atoms. The molecule has 5 rings (SSSR count). The highest BCUT2D eigenvalue weighted by Gasteiger charge is 2.12. The van der Waals surface area contributed by atoms with Crippen LogP contribution in [0.2, 0.25) is 5.28 Å². The predicted octanol–water partition coefficient (Wildman–Crippen LogP) is 6.68. The Morgan fingerprint density at radius 3 is 2.28 bits per heavy atom. The summed E-state index contributed by atoms with van der Waals surface area (Å²) in [6.45, 7) is 0. The molecule has 4 aromatic carbocycles. The van der Waals surface area contributed by atoms with Gasteiger partial charge < -0.3 is 0 Å². The van der Waals surface area contributed by atoms with Crippen LogP contribution in [0.3, 0.4) is 0 Å². The summed E-state index contributed by atoms with van der Waals surface area (Å²) in [5, 5.41) is -0.840. The summed E-state index contributed by atoms with van der Waals surface area (Å²) in [6, 6.07) is 1.62. The van der Waals surface area contributed by atoms with Crippen molar-refractivity contribution in [1.82, 2.24) is 15.0 Å². The van der Waals surface area contributed by atoms with Gasteiger partial charge in [0.1, 0.15) is 0 Å². The van der Waals surface area contributed by atoms with Crippen LogP contribution in [0.15, 0.2) is 96.8 Å². The molecule has 0 saturated heterocycles. The maximum absolute atomic E-state index is 8.91. The summed E-state index contributed by atoms with van der Waals surface area (Å²) >= 11 is 6.19. The molecule has 3 nitrogen and oxygen atoms in total. The first-order valence-corrected chi connectivity index (χ1v) is 8.82. The van der Waals surface area contributed by atoms with Crippen LogP contribution in [0.25, 0.3) is 44.7 Å². The molecule has 0 aliphatic carbocycles. The molecule has 1 aromatic heterocycles. The zero-order chi connectivity index (χ0) is 29.2. The maximum Gasteiger partial charge on any atom is 0.226 e. The molecule has 4 heteroatoms. The van der Waals surface area contributed by atoms with E-state index in [9.17, 15) is 0 Å². The zero-order valence-electron chi connectivity index (χ0n) is 25.6. The molecule has 0 aliphatic rings. The topological polar surface area (TPSA) is 38.7 Å². The SMILES string of the molecule is [2H]c1c([2H])c([2H])c(-c2c([2H])c([2H])c3c(-c4nc(Cl)nc(-c5ccccc5)n4)c([2H])c([2H])c([2H])c3c2[2H])c([2H])c1[2H]. The normalized spacial score (nSPS) is 16.2. The van der Waals surface area contributed by atoms with Crippen LogP contribution in [0.1, 0.15) is 15.1 Å². The van der Waals surface area contributed by atoms with Crippen LogP contribution < -0.4 is 0 Å². The van der Waals surface area contributed by atoms with Gasteiger partial charge in [0.15, 0.2) is 11.6 Å². The fourth-order valence-corrected chi connectivity index (χ4v) is 2.91. The van der Waals surface area contributed by atoms with E-state index in [1.165, 1.54) is 0 Å². The Hall–Kier alpha value is -3.56. The second-order valence-corrected chi connectivity index (χ2v) is 6.21. The number of benzene rings is 4. The molecule has 5 aromatic rings. The van der Waals surface area contributed by atoms with Crippen molar-refractivity contribution in [2.75, 3.05) is 0 Å². The van der Waals surface area contributed by atoms with Gasteiger partial charge in [0, 0.05) is 11.1 Å². The van der Waals surface area contributed by atoms with Gasteiger partial charge in [0.2, 0.25) is 5.28 Å². The van der Waals surface area contributed by atoms with E-state index in [0.29, 0.717) is 5.56 Å². The van der Waals surface area contributed by atoms with Gasteiger partial charge in [0.25, 0.3) is 0 Å². The second-order valence-electron chi connectivity index (χ2n) is 5.87. The van der Waals surface area contributed by atoms with Crippen LogP contribution >= 0.6 is 11.6 Å². The minimum Gasteiger partial charge on any atom is -0.208 e. The summed E-state index contributed by atoms with van der Waals surface area (Å²) < 4.78 is 92.6. The van der Waals surface area contributed by atoms with E-state index in [1.807, 2.05) is 0 Å². The number of aromatic nitrogens is 3. The minimum absolute atomic E-state index is 0.129. The number of hydrogen-bond acceptors (Lipinski definition) is 3. The Labute approximate surface area is 189 Å². The third-order valence-corrected chi connectivity index (χ3v) is 4.22. The van der Waals surface area contributed by atoms with E-state index < -0.39 is 77.6 Å². The highest BCUT2D eigenvalue weighted by molar-refractivity contribution is 6.28. The van der Waals surface area contributed by atoms with E-state index in [4.69, 9.17) is 26.7 Å². The first-order chi connectivity index (χ1) is 18.9.